The minimum absolute atomic E-state index is 0.285. The number of hydrogen-bond donors (Lipinski definition) is 2. The fraction of sp³-hybridized carbons (Fsp3) is 0.364. The first-order chi connectivity index (χ1) is 14.1. The average Bonchev–Trinajstić information content (AvgIpc) is 3.39. The van der Waals surface area contributed by atoms with Crippen LogP contribution in [0.5, 0.6) is 0 Å². The minimum atomic E-state index is 0.285. The zero-order valence-electron chi connectivity index (χ0n) is 16.8. The van der Waals surface area contributed by atoms with Crippen LogP contribution in [-0.2, 0) is 6.42 Å². The lowest BCUT2D eigenvalue weighted by Gasteiger charge is -2.28. The fourth-order valence-electron chi connectivity index (χ4n) is 3.96. The third-order valence-electron chi connectivity index (χ3n) is 5.42. The van der Waals surface area contributed by atoms with Crippen LogP contribution in [0.1, 0.15) is 37.9 Å². The van der Waals surface area contributed by atoms with Gasteiger partial charge in [0.05, 0.1) is 18.1 Å². The summed E-state index contributed by atoms with van der Waals surface area (Å²) in [7, 11) is 0. The van der Waals surface area contributed by atoms with Gasteiger partial charge in [0.2, 0.25) is 0 Å². The Morgan fingerprint density at radius 2 is 2.03 bits per heavy atom. The molecule has 3 aromatic rings. The number of aromatic amines is 1. The first-order valence-corrected chi connectivity index (χ1v) is 10.0. The van der Waals surface area contributed by atoms with Crippen LogP contribution in [0.4, 0.5) is 11.6 Å². The molecular weight excluding hydrogens is 362 g/mol. The minimum Gasteiger partial charge on any atom is -0.322 e. The molecule has 1 aliphatic rings. The van der Waals surface area contributed by atoms with Crippen LogP contribution in [-0.4, -0.2) is 43.7 Å². The molecule has 0 radical (unpaired) electrons. The highest BCUT2D eigenvalue weighted by Crippen LogP contribution is 2.25. The average molecular weight is 387 g/mol. The molecule has 7 nitrogen and oxygen atoms in total. The Morgan fingerprint density at radius 1 is 1.21 bits per heavy atom. The third-order valence-corrected chi connectivity index (χ3v) is 5.42. The Kier molecular flexibility index (Phi) is 5.54. The van der Waals surface area contributed by atoms with Crippen molar-refractivity contribution in [3.8, 4) is 17.3 Å². The maximum atomic E-state index is 8.79. The molecule has 148 valence electrons. The van der Waals surface area contributed by atoms with Crippen molar-refractivity contribution >= 4 is 11.6 Å². The van der Waals surface area contributed by atoms with E-state index < -0.39 is 0 Å². The molecule has 0 aliphatic carbocycles. The van der Waals surface area contributed by atoms with Crippen molar-refractivity contribution in [3.63, 3.8) is 0 Å². The highest BCUT2D eigenvalue weighted by molar-refractivity contribution is 5.65. The maximum Gasteiger partial charge on any atom is 0.158 e. The van der Waals surface area contributed by atoms with Gasteiger partial charge >= 0.3 is 0 Å². The van der Waals surface area contributed by atoms with Gasteiger partial charge in [0.15, 0.2) is 11.5 Å². The van der Waals surface area contributed by atoms with Crippen LogP contribution < -0.4 is 5.32 Å². The Labute approximate surface area is 170 Å². The van der Waals surface area contributed by atoms with Gasteiger partial charge in [0.25, 0.3) is 0 Å². The summed E-state index contributed by atoms with van der Waals surface area (Å²) < 4.78 is 0. The number of aromatic nitrogens is 4. The van der Waals surface area contributed by atoms with Crippen molar-refractivity contribution in [1.82, 2.24) is 25.1 Å². The summed E-state index contributed by atoms with van der Waals surface area (Å²) in [6.07, 6.45) is 6.64. The van der Waals surface area contributed by atoms with E-state index in [0.29, 0.717) is 23.7 Å². The van der Waals surface area contributed by atoms with E-state index in [4.69, 9.17) is 5.26 Å². The summed E-state index contributed by atoms with van der Waals surface area (Å²) in [6.45, 7) is 5.79. The lowest BCUT2D eigenvalue weighted by molar-refractivity contribution is 0.203. The lowest BCUT2D eigenvalue weighted by atomic mass is 10.0. The molecule has 4 rings (SSSR count). The Hall–Kier alpha value is -3.24. The van der Waals surface area contributed by atoms with Crippen molar-refractivity contribution in [1.29, 1.82) is 5.26 Å². The zero-order valence-corrected chi connectivity index (χ0v) is 16.8. The van der Waals surface area contributed by atoms with Gasteiger partial charge in [-0.1, -0.05) is 24.3 Å². The number of benzene rings is 1. The van der Waals surface area contributed by atoms with E-state index in [9.17, 15) is 0 Å². The van der Waals surface area contributed by atoms with Gasteiger partial charge in [-0.15, -0.1) is 0 Å². The van der Waals surface area contributed by atoms with Crippen molar-refractivity contribution in [2.45, 2.75) is 45.2 Å². The van der Waals surface area contributed by atoms with E-state index in [0.717, 1.165) is 17.7 Å². The number of nitriles is 1. The molecule has 3 heterocycles. The fourth-order valence-corrected chi connectivity index (χ4v) is 3.96. The molecule has 7 heteroatoms. The topological polar surface area (TPSA) is 93.5 Å². The van der Waals surface area contributed by atoms with Crippen molar-refractivity contribution < 1.29 is 0 Å². The second kappa shape index (κ2) is 8.41. The quantitative estimate of drug-likeness (QED) is 0.666. The van der Waals surface area contributed by atoms with Gasteiger partial charge in [-0.25, -0.2) is 9.97 Å². The van der Waals surface area contributed by atoms with Gasteiger partial charge < -0.3 is 5.32 Å². The molecule has 1 unspecified atom stereocenters. The first-order valence-electron chi connectivity index (χ1n) is 10.0. The van der Waals surface area contributed by atoms with Crippen LogP contribution in [0.25, 0.3) is 11.3 Å². The van der Waals surface area contributed by atoms with Crippen molar-refractivity contribution in [2.75, 3.05) is 11.9 Å². The van der Waals surface area contributed by atoms with Gasteiger partial charge in [-0.3, -0.25) is 10.00 Å². The molecule has 1 saturated heterocycles. The van der Waals surface area contributed by atoms with E-state index >= 15 is 0 Å². The SMILES string of the molecule is CC(C)N1CCCC1Cc1ccc(-c2cc(Nc3cnc(C#N)cn3)n[nH]2)cc1. The number of anilines is 2. The first kappa shape index (κ1) is 19.1. The monoisotopic (exact) mass is 387 g/mol. The van der Waals surface area contributed by atoms with Crippen LogP contribution in [0, 0.1) is 11.3 Å². The Balaban J connectivity index is 1.41. The van der Waals surface area contributed by atoms with Gasteiger partial charge in [-0.2, -0.15) is 10.4 Å². The maximum absolute atomic E-state index is 8.79. The molecule has 1 fully saturated rings. The number of likely N-dealkylation sites (tertiary alicyclic amines) is 1. The number of nitrogens with one attached hydrogen (secondary N) is 2. The molecule has 1 aliphatic heterocycles. The van der Waals surface area contributed by atoms with Crippen LogP contribution in [0.3, 0.4) is 0 Å². The molecule has 29 heavy (non-hydrogen) atoms. The summed E-state index contributed by atoms with van der Waals surface area (Å²) in [5.41, 5.74) is 3.68. The summed E-state index contributed by atoms with van der Waals surface area (Å²) >= 11 is 0. The van der Waals surface area contributed by atoms with Crippen LogP contribution in [0.2, 0.25) is 0 Å². The molecule has 1 aromatic carbocycles. The molecule has 0 saturated carbocycles. The lowest BCUT2D eigenvalue weighted by Crippen LogP contribution is -2.36. The second-order valence-electron chi connectivity index (χ2n) is 7.72. The molecule has 2 N–H and O–H groups in total. The molecule has 0 spiro atoms. The summed E-state index contributed by atoms with van der Waals surface area (Å²) in [6, 6.07) is 13.9. The van der Waals surface area contributed by atoms with E-state index in [1.54, 1.807) is 0 Å². The summed E-state index contributed by atoms with van der Waals surface area (Å²) in [4.78, 5) is 10.8. The molecule has 0 amide bonds. The zero-order chi connectivity index (χ0) is 20.2. The number of rotatable bonds is 6. The molecule has 0 bridgehead atoms. The predicted molar refractivity (Wildman–Crippen MR) is 113 cm³/mol. The largest absolute Gasteiger partial charge is 0.322 e. The standard InChI is InChI=1S/C22H25N7/c1-15(2)29-9-3-4-19(29)10-16-5-7-17(8-6-16)20-11-21(28-27-20)26-22-14-24-18(12-23)13-25-22/h5-8,11,13-15,19H,3-4,9-10H2,1-2H3,(H2,25,26,27,28). The number of nitrogens with zero attached hydrogens (tertiary/aromatic N) is 5. The van der Waals surface area contributed by atoms with Crippen molar-refractivity contribution in [2.24, 2.45) is 0 Å². The van der Waals surface area contributed by atoms with Gasteiger partial charge in [0.1, 0.15) is 11.9 Å². The molecule has 1 atom stereocenters. The summed E-state index contributed by atoms with van der Waals surface area (Å²) in [5, 5.41) is 19.2. The highest BCUT2D eigenvalue weighted by atomic mass is 15.2. The number of H-pyrrole nitrogens is 1. The number of hydrogen-bond acceptors (Lipinski definition) is 6. The Morgan fingerprint density at radius 3 is 2.72 bits per heavy atom. The normalized spacial score (nSPS) is 16.8. The summed E-state index contributed by atoms with van der Waals surface area (Å²) in [5.74, 6) is 1.20. The predicted octanol–water partition coefficient (Wildman–Crippen LogP) is 3.90. The highest BCUT2D eigenvalue weighted by Gasteiger charge is 2.26. The van der Waals surface area contributed by atoms with Gasteiger partial charge in [0, 0.05) is 18.2 Å². The smallest absolute Gasteiger partial charge is 0.158 e. The van der Waals surface area contributed by atoms with Crippen molar-refractivity contribution in [3.05, 3.63) is 54.0 Å². The van der Waals surface area contributed by atoms with E-state index in [-0.39, 0.29) is 5.69 Å². The second-order valence-corrected chi connectivity index (χ2v) is 7.72. The van der Waals surface area contributed by atoms with E-state index in [2.05, 4.69) is 68.5 Å². The van der Waals surface area contributed by atoms with Crippen LogP contribution >= 0.6 is 0 Å². The third kappa shape index (κ3) is 4.44. The van der Waals surface area contributed by atoms with Crippen LogP contribution in [0.15, 0.2) is 42.7 Å². The van der Waals surface area contributed by atoms with E-state index in [1.807, 2.05) is 12.1 Å². The Bertz CT molecular complexity index is 983. The molecular formula is C22H25N7. The molecule has 2 aromatic heterocycles. The van der Waals surface area contributed by atoms with Gasteiger partial charge in [-0.05, 0) is 50.8 Å². The van der Waals surface area contributed by atoms with E-state index in [1.165, 1.54) is 37.3 Å².